The highest BCUT2D eigenvalue weighted by Crippen LogP contribution is 2.53. The molecule has 3 unspecified atom stereocenters. The SMILES string of the molecule is CCS(=O)(=O)C1C(c2ccc(Cl)cc2)C1(N)CN. The van der Waals surface area contributed by atoms with Gasteiger partial charge in [0.15, 0.2) is 9.84 Å². The molecule has 4 N–H and O–H groups in total. The van der Waals surface area contributed by atoms with Crippen molar-refractivity contribution in [3.63, 3.8) is 0 Å². The first-order valence-corrected chi connectivity index (χ1v) is 7.92. The number of hydrogen-bond acceptors (Lipinski definition) is 4. The van der Waals surface area contributed by atoms with E-state index < -0.39 is 20.6 Å². The van der Waals surface area contributed by atoms with Gasteiger partial charge in [0.05, 0.1) is 10.8 Å². The molecule has 1 aromatic rings. The topological polar surface area (TPSA) is 86.2 Å². The summed E-state index contributed by atoms with van der Waals surface area (Å²) in [6.45, 7) is 1.79. The van der Waals surface area contributed by atoms with Crippen molar-refractivity contribution >= 4 is 21.4 Å². The predicted molar refractivity (Wildman–Crippen MR) is 73.4 cm³/mol. The van der Waals surface area contributed by atoms with Crippen LogP contribution in [0.3, 0.4) is 0 Å². The summed E-state index contributed by atoms with van der Waals surface area (Å²) in [5.41, 5.74) is 11.8. The lowest BCUT2D eigenvalue weighted by molar-refractivity contribution is 0.587. The smallest absolute Gasteiger partial charge is 0.155 e. The first-order valence-electron chi connectivity index (χ1n) is 5.83. The van der Waals surface area contributed by atoms with Gasteiger partial charge in [0, 0.05) is 23.2 Å². The van der Waals surface area contributed by atoms with Crippen LogP contribution in [0.25, 0.3) is 0 Å². The molecule has 2 rings (SSSR count). The maximum Gasteiger partial charge on any atom is 0.155 e. The minimum Gasteiger partial charge on any atom is -0.329 e. The molecule has 0 radical (unpaired) electrons. The third kappa shape index (κ3) is 2.05. The molecular weight excluding hydrogens is 272 g/mol. The largest absolute Gasteiger partial charge is 0.329 e. The number of benzene rings is 1. The molecule has 0 bridgehead atoms. The fourth-order valence-corrected chi connectivity index (χ4v) is 4.69. The van der Waals surface area contributed by atoms with E-state index in [4.69, 9.17) is 23.1 Å². The second kappa shape index (κ2) is 4.49. The molecule has 0 amide bonds. The van der Waals surface area contributed by atoms with Crippen LogP contribution >= 0.6 is 11.6 Å². The summed E-state index contributed by atoms with van der Waals surface area (Å²) in [6, 6.07) is 7.11. The van der Waals surface area contributed by atoms with Gasteiger partial charge in [-0.3, -0.25) is 0 Å². The van der Waals surface area contributed by atoms with Gasteiger partial charge in [0.2, 0.25) is 0 Å². The number of nitrogens with two attached hydrogens (primary N) is 2. The number of halogens is 1. The van der Waals surface area contributed by atoms with Gasteiger partial charge in [-0.2, -0.15) is 0 Å². The molecule has 100 valence electrons. The van der Waals surface area contributed by atoms with Gasteiger partial charge in [-0.05, 0) is 17.7 Å². The van der Waals surface area contributed by atoms with E-state index in [0.29, 0.717) is 5.02 Å². The quantitative estimate of drug-likeness (QED) is 0.862. The molecular formula is C12H17ClN2O2S. The Morgan fingerprint density at radius 2 is 1.89 bits per heavy atom. The first kappa shape index (κ1) is 13.8. The summed E-state index contributed by atoms with van der Waals surface area (Å²) in [6.07, 6.45) is 0. The van der Waals surface area contributed by atoms with Crippen molar-refractivity contribution in [2.45, 2.75) is 23.6 Å². The lowest BCUT2D eigenvalue weighted by atomic mass is 10.1. The molecule has 1 aliphatic carbocycles. The minimum atomic E-state index is -3.19. The lowest BCUT2D eigenvalue weighted by Crippen LogP contribution is -2.39. The van der Waals surface area contributed by atoms with Crippen molar-refractivity contribution in [3.8, 4) is 0 Å². The van der Waals surface area contributed by atoms with Gasteiger partial charge >= 0.3 is 0 Å². The number of sulfone groups is 1. The monoisotopic (exact) mass is 288 g/mol. The van der Waals surface area contributed by atoms with Crippen molar-refractivity contribution in [2.24, 2.45) is 11.5 Å². The van der Waals surface area contributed by atoms with Crippen LogP contribution in [0, 0.1) is 0 Å². The summed E-state index contributed by atoms with van der Waals surface area (Å²) < 4.78 is 24.1. The van der Waals surface area contributed by atoms with Crippen molar-refractivity contribution in [2.75, 3.05) is 12.3 Å². The Balaban J connectivity index is 2.37. The molecule has 0 aliphatic heterocycles. The Bertz CT molecular complexity index is 544. The van der Waals surface area contributed by atoms with Gasteiger partial charge < -0.3 is 11.5 Å². The second-order valence-corrected chi connectivity index (χ2v) is 7.57. The summed E-state index contributed by atoms with van der Waals surface area (Å²) in [4.78, 5) is 0. The molecule has 1 aromatic carbocycles. The zero-order chi connectivity index (χ0) is 13.6. The Labute approximate surface area is 112 Å². The first-order chi connectivity index (χ1) is 8.36. The van der Waals surface area contributed by atoms with E-state index in [1.165, 1.54) is 0 Å². The Kier molecular flexibility index (Phi) is 3.44. The molecule has 1 aliphatic rings. The van der Waals surface area contributed by atoms with Crippen LogP contribution in [0.4, 0.5) is 0 Å². The normalized spacial score (nSPS) is 31.3. The second-order valence-electron chi connectivity index (χ2n) is 4.72. The third-order valence-corrected chi connectivity index (χ3v) is 6.22. The summed E-state index contributed by atoms with van der Waals surface area (Å²) in [5, 5.41) is 0.0332. The zero-order valence-corrected chi connectivity index (χ0v) is 11.7. The van der Waals surface area contributed by atoms with Crippen LogP contribution in [0.5, 0.6) is 0 Å². The fraction of sp³-hybridized carbons (Fsp3) is 0.500. The summed E-state index contributed by atoms with van der Waals surface area (Å²) in [5.74, 6) is -0.148. The number of hydrogen-bond donors (Lipinski definition) is 2. The minimum absolute atomic E-state index is 0.0840. The van der Waals surface area contributed by atoms with Gasteiger partial charge in [-0.15, -0.1) is 0 Å². The fourth-order valence-electron chi connectivity index (χ4n) is 2.54. The van der Waals surface area contributed by atoms with Crippen LogP contribution in [0.2, 0.25) is 5.02 Å². The van der Waals surface area contributed by atoms with Crippen LogP contribution < -0.4 is 11.5 Å². The highest BCUT2D eigenvalue weighted by Gasteiger charge is 2.67. The summed E-state index contributed by atoms with van der Waals surface area (Å²) >= 11 is 5.82. The maximum absolute atomic E-state index is 12.0. The van der Waals surface area contributed by atoms with Crippen LogP contribution in [-0.4, -0.2) is 31.5 Å². The molecule has 0 spiro atoms. The molecule has 6 heteroatoms. The average molecular weight is 289 g/mol. The van der Waals surface area contributed by atoms with E-state index in [9.17, 15) is 8.42 Å². The van der Waals surface area contributed by atoms with E-state index >= 15 is 0 Å². The van der Waals surface area contributed by atoms with E-state index in [2.05, 4.69) is 0 Å². The Morgan fingerprint density at radius 3 is 2.33 bits per heavy atom. The molecule has 1 fully saturated rings. The lowest BCUT2D eigenvalue weighted by Gasteiger charge is -2.07. The van der Waals surface area contributed by atoms with Gasteiger partial charge in [-0.1, -0.05) is 30.7 Å². The highest BCUT2D eigenvalue weighted by atomic mass is 35.5. The standard InChI is InChI=1S/C12H17ClN2O2S/c1-2-18(16,17)11-10(12(11,15)7-14)8-3-5-9(13)6-4-8/h3-6,10-11H,2,7,14-15H2,1H3. The van der Waals surface area contributed by atoms with E-state index in [0.717, 1.165) is 5.56 Å². The number of rotatable bonds is 4. The zero-order valence-electron chi connectivity index (χ0n) is 10.1. The average Bonchev–Trinajstić information content (AvgIpc) is 2.98. The molecule has 0 aromatic heterocycles. The highest BCUT2D eigenvalue weighted by molar-refractivity contribution is 7.92. The van der Waals surface area contributed by atoms with Crippen molar-refractivity contribution in [1.29, 1.82) is 0 Å². The third-order valence-electron chi connectivity index (χ3n) is 3.67. The van der Waals surface area contributed by atoms with E-state index in [1.807, 2.05) is 12.1 Å². The Hall–Kier alpha value is -0.620. The molecule has 0 heterocycles. The molecule has 4 nitrogen and oxygen atoms in total. The van der Waals surface area contributed by atoms with Crippen molar-refractivity contribution < 1.29 is 8.42 Å². The van der Waals surface area contributed by atoms with Gasteiger partial charge in [-0.25, -0.2) is 8.42 Å². The van der Waals surface area contributed by atoms with Crippen LogP contribution in [0.1, 0.15) is 18.4 Å². The molecule has 3 atom stereocenters. The van der Waals surface area contributed by atoms with Gasteiger partial charge in [0.25, 0.3) is 0 Å². The Morgan fingerprint density at radius 1 is 1.33 bits per heavy atom. The van der Waals surface area contributed by atoms with Gasteiger partial charge in [0.1, 0.15) is 0 Å². The van der Waals surface area contributed by atoms with Crippen LogP contribution in [0.15, 0.2) is 24.3 Å². The summed E-state index contributed by atoms with van der Waals surface area (Å²) in [7, 11) is -3.19. The molecule has 0 saturated heterocycles. The van der Waals surface area contributed by atoms with E-state index in [-0.39, 0.29) is 18.2 Å². The van der Waals surface area contributed by atoms with Crippen molar-refractivity contribution in [1.82, 2.24) is 0 Å². The molecule has 18 heavy (non-hydrogen) atoms. The van der Waals surface area contributed by atoms with Crippen LogP contribution in [-0.2, 0) is 9.84 Å². The van der Waals surface area contributed by atoms with E-state index in [1.54, 1.807) is 19.1 Å². The predicted octanol–water partition coefficient (Wildman–Crippen LogP) is 0.897. The maximum atomic E-state index is 12.0. The molecule has 1 saturated carbocycles. The van der Waals surface area contributed by atoms with Crippen molar-refractivity contribution in [3.05, 3.63) is 34.9 Å².